The Balaban J connectivity index is 1.32. The first-order valence-electron chi connectivity index (χ1n) is 13.7. The molecule has 6 rings (SSSR count). The molecule has 2 saturated heterocycles. The number of aromatic nitrogens is 3. The van der Waals surface area contributed by atoms with Crippen molar-refractivity contribution >= 4 is 22.3 Å². The van der Waals surface area contributed by atoms with Crippen LogP contribution < -0.4 is 14.5 Å². The molecule has 0 bridgehead atoms. The van der Waals surface area contributed by atoms with Crippen LogP contribution in [0, 0.1) is 23.1 Å². The van der Waals surface area contributed by atoms with Gasteiger partial charge in [0.1, 0.15) is 18.2 Å². The maximum Gasteiger partial charge on any atom is 0.318 e. The van der Waals surface area contributed by atoms with Crippen LogP contribution in [0.1, 0.15) is 43.4 Å². The summed E-state index contributed by atoms with van der Waals surface area (Å²) in [5, 5.41) is 11.1. The third-order valence-electron chi connectivity index (χ3n) is 8.34. The highest BCUT2D eigenvalue weighted by Gasteiger charge is 2.30. The van der Waals surface area contributed by atoms with E-state index in [2.05, 4.69) is 32.8 Å². The first-order valence-corrected chi connectivity index (χ1v) is 13.7. The van der Waals surface area contributed by atoms with Crippen LogP contribution in [-0.2, 0) is 13.0 Å². The highest BCUT2D eigenvalue weighted by Crippen LogP contribution is 2.35. The van der Waals surface area contributed by atoms with Gasteiger partial charge < -0.3 is 19.4 Å². The van der Waals surface area contributed by atoms with Gasteiger partial charge in [0, 0.05) is 54.6 Å². The maximum absolute atomic E-state index is 13.9. The normalized spacial score (nSPS) is 21.9. The molecule has 0 aliphatic carbocycles. The second-order valence-corrected chi connectivity index (χ2v) is 10.9. The zero-order chi connectivity index (χ0) is 26.1. The van der Waals surface area contributed by atoms with Gasteiger partial charge in [-0.1, -0.05) is 0 Å². The van der Waals surface area contributed by atoms with Crippen molar-refractivity contribution in [1.82, 2.24) is 19.9 Å². The predicted octanol–water partition coefficient (Wildman–Crippen LogP) is 4.33. The average molecular weight is 516 g/mol. The second-order valence-electron chi connectivity index (χ2n) is 10.9. The van der Waals surface area contributed by atoms with Crippen molar-refractivity contribution in [3.05, 3.63) is 47.7 Å². The Labute approximate surface area is 223 Å². The summed E-state index contributed by atoms with van der Waals surface area (Å²) in [6.45, 7) is 4.84. The van der Waals surface area contributed by atoms with E-state index in [4.69, 9.17) is 14.7 Å². The molecule has 3 aliphatic rings. The molecular formula is C29H34FN7O. The average Bonchev–Trinajstić information content (AvgIpc) is 3.35. The van der Waals surface area contributed by atoms with Gasteiger partial charge in [-0.3, -0.25) is 4.98 Å². The molecule has 1 aromatic carbocycles. The number of nitrogens with zero attached hydrogens (tertiary/aromatic N) is 7. The van der Waals surface area contributed by atoms with Crippen molar-refractivity contribution in [2.75, 3.05) is 49.6 Å². The lowest BCUT2D eigenvalue weighted by Crippen LogP contribution is -2.39. The summed E-state index contributed by atoms with van der Waals surface area (Å²) in [6, 6.07) is 8.04. The summed E-state index contributed by atoms with van der Waals surface area (Å²) in [7, 11) is 2.14. The minimum atomic E-state index is -0.260. The number of piperidine rings is 1. The number of fused-ring (bicyclic) bond motifs is 2. The highest BCUT2D eigenvalue weighted by molar-refractivity contribution is 5.93. The van der Waals surface area contributed by atoms with Gasteiger partial charge >= 0.3 is 6.01 Å². The second kappa shape index (κ2) is 10.7. The Hall–Kier alpha value is -3.51. The van der Waals surface area contributed by atoms with Gasteiger partial charge in [0.25, 0.3) is 0 Å². The molecule has 2 atom stereocenters. The molecule has 38 heavy (non-hydrogen) atoms. The summed E-state index contributed by atoms with van der Waals surface area (Å²) >= 11 is 0. The molecule has 2 fully saturated rings. The molecule has 0 unspecified atom stereocenters. The fourth-order valence-corrected chi connectivity index (χ4v) is 6.22. The minimum absolute atomic E-state index is 0.260. The third-order valence-corrected chi connectivity index (χ3v) is 8.34. The molecule has 5 heterocycles. The number of halogens is 1. The summed E-state index contributed by atoms with van der Waals surface area (Å²) in [5.41, 5.74) is 3.12. The Morgan fingerprint density at radius 1 is 1.11 bits per heavy atom. The maximum atomic E-state index is 13.9. The number of anilines is 2. The van der Waals surface area contributed by atoms with E-state index in [1.807, 2.05) is 12.3 Å². The molecule has 2 aromatic heterocycles. The molecule has 0 N–H and O–H groups in total. The van der Waals surface area contributed by atoms with Crippen molar-refractivity contribution in [2.24, 2.45) is 5.92 Å². The van der Waals surface area contributed by atoms with Gasteiger partial charge in [-0.2, -0.15) is 15.2 Å². The van der Waals surface area contributed by atoms with Crippen LogP contribution in [0.25, 0.3) is 10.8 Å². The fraction of sp³-hybridized carbons (Fsp3) is 0.517. The van der Waals surface area contributed by atoms with E-state index >= 15 is 0 Å². The van der Waals surface area contributed by atoms with Gasteiger partial charge in [-0.05, 0) is 69.8 Å². The van der Waals surface area contributed by atoms with Gasteiger partial charge in [-0.15, -0.1) is 0 Å². The molecule has 0 spiro atoms. The van der Waals surface area contributed by atoms with Crippen molar-refractivity contribution < 1.29 is 9.13 Å². The number of pyridine rings is 1. The van der Waals surface area contributed by atoms with Crippen LogP contribution in [0.5, 0.6) is 6.01 Å². The molecule has 3 aromatic rings. The van der Waals surface area contributed by atoms with E-state index in [0.29, 0.717) is 37.5 Å². The largest absolute Gasteiger partial charge is 0.462 e. The Bertz CT molecular complexity index is 1360. The van der Waals surface area contributed by atoms with Crippen molar-refractivity contribution in [3.63, 3.8) is 0 Å². The molecular weight excluding hydrogens is 481 g/mol. The van der Waals surface area contributed by atoms with Gasteiger partial charge in [-0.25, -0.2) is 4.39 Å². The number of nitriles is 1. The third kappa shape index (κ3) is 4.97. The van der Waals surface area contributed by atoms with Crippen LogP contribution in [0.3, 0.4) is 0 Å². The number of likely N-dealkylation sites (N-methyl/N-ethyl adjacent to an activating group) is 1. The first-order chi connectivity index (χ1) is 18.6. The topological polar surface area (TPSA) is 81.4 Å². The van der Waals surface area contributed by atoms with Crippen molar-refractivity contribution in [2.45, 2.75) is 51.1 Å². The van der Waals surface area contributed by atoms with E-state index in [-0.39, 0.29) is 5.82 Å². The van der Waals surface area contributed by atoms with Crippen LogP contribution in [0.2, 0.25) is 0 Å². The van der Waals surface area contributed by atoms with Crippen LogP contribution in [-0.4, -0.2) is 65.7 Å². The number of rotatable bonds is 6. The van der Waals surface area contributed by atoms with E-state index in [0.717, 1.165) is 79.8 Å². The number of hydrogen-bond acceptors (Lipinski definition) is 8. The standard InChI is InChI=1S/C29H34FN7O/c1-35-11-3-5-23(35)19-38-29-33-26-18-36(27-16-32-15-21-14-22(30)6-7-24(21)27)13-9-25(26)28(34-29)37-12-2-4-20(17-37)8-10-31/h6-7,14-16,20,23H,2-5,8-9,11-13,17-19H2,1H3/t20-,23-/m0/s1. The molecule has 0 saturated carbocycles. The number of benzene rings is 1. The zero-order valence-electron chi connectivity index (χ0n) is 21.9. The van der Waals surface area contributed by atoms with E-state index in [1.54, 1.807) is 6.20 Å². The van der Waals surface area contributed by atoms with Gasteiger partial charge in [0.2, 0.25) is 0 Å². The Kier molecular flexibility index (Phi) is 6.98. The lowest BCUT2D eigenvalue weighted by atomic mass is 9.94. The molecule has 0 radical (unpaired) electrons. The summed E-state index contributed by atoms with van der Waals surface area (Å²) in [4.78, 5) is 21.2. The lowest BCUT2D eigenvalue weighted by molar-refractivity contribution is 0.187. The highest BCUT2D eigenvalue weighted by atomic mass is 19.1. The molecule has 0 amide bonds. The number of ether oxygens (including phenoxy) is 1. The summed E-state index contributed by atoms with van der Waals surface area (Å²) in [5.74, 6) is 1.06. The SMILES string of the molecule is CN1CCC[C@H]1COc1nc2c(c(N3CCC[C@@H](CC#N)C3)n1)CCN(c1cncc3cc(F)ccc13)C2. The fourth-order valence-electron chi connectivity index (χ4n) is 6.22. The minimum Gasteiger partial charge on any atom is -0.462 e. The smallest absolute Gasteiger partial charge is 0.318 e. The van der Waals surface area contributed by atoms with Crippen LogP contribution in [0.15, 0.2) is 30.6 Å². The van der Waals surface area contributed by atoms with Crippen LogP contribution >= 0.6 is 0 Å². The summed E-state index contributed by atoms with van der Waals surface area (Å²) in [6.07, 6.45) is 9.38. The Morgan fingerprint density at radius 2 is 2.00 bits per heavy atom. The van der Waals surface area contributed by atoms with E-state index in [9.17, 15) is 9.65 Å². The molecule has 9 heteroatoms. The molecule has 8 nitrogen and oxygen atoms in total. The number of likely N-dealkylation sites (tertiary alicyclic amines) is 1. The quantitative estimate of drug-likeness (QED) is 0.480. The Morgan fingerprint density at radius 3 is 2.84 bits per heavy atom. The molecule has 3 aliphatic heterocycles. The predicted molar refractivity (Wildman–Crippen MR) is 145 cm³/mol. The van der Waals surface area contributed by atoms with E-state index < -0.39 is 0 Å². The van der Waals surface area contributed by atoms with Gasteiger partial charge in [0.15, 0.2) is 0 Å². The number of hydrogen-bond donors (Lipinski definition) is 0. The lowest BCUT2D eigenvalue weighted by Gasteiger charge is -2.37. The van der Waals surface area contributed by atoms with E-state index in [1.165, 1.54) is 24.1 Å². The monoisotopic (exact) mass is 515 g/mol. The molecule has 198 valence electrons. The summed E-state index contributed by atoms with van der Waals surface area (Å²) < 4.78 is 20.1. The first kappa shape index (κ1) is 24.8. The van der Waals surface area contributed by atoms with Crippen molar-refractivity contribution in [1.29, 1.82) is 5.26 Å². The van der Waals surface area contributed by atoms with Gasteiger partial charge in [0.05, 0.1) is 30.2 Å². The zero-order valence-corrected chi connectivity index (χ0v) is 21.9. The van der Waals surface area contributed by atoms with Crippen molar-refractivity contribution in [3.8, 4) is 12.1 Å². The van der Waals surface area contributed by atoms with Crippen LogP contribution in [0.4, 0.5) is 15.9 Å².